The molecule has 2 heterocycles. The van der Waals surface area contributed by atoms with Gasteiger partial charge in [-0.05, 0) is 48.9 Å². The van der Waals surface area contributed by atoms with Crippen molar-refractivity contribution in [3.8, 4) is 23.0 Å². The predicted molar refractivity (Wildman–Crippen MR) is 107 cm³/mol. The molecule has 1 aromatic heterocycles. The molecule has 2 aromatic carbocycles. The van der Waals surface area contributed by atoms with E-state index in [4.69, 9.17) is 23.4 Å². The van der Waals surface area contributed by atoms with Gasteiger partial charge in [0.1, 0.15) is 23.0 Å². The van der Waals surface area contributed by atoms with Crippen molar-refractivity contribution < 1.29 is 33.0 Å². The third-order valence-corrected chi connectivity index (χ3v) is 4.60. The zero-order valence-electron chi connectivity index (χ0n) is 16.6. The maximum absolute atomic E-state index is 12.9. The first kappa shape index (κ1) is 19.3. The van der Waals surface area contributed by atoms with E-state index in [1.54, 1.807) is 50.4 Å². The molecule has 152 valence electrons. The number of esters is 1. The summed E-state index contributed by atoms with van der Waals surface area (Å²) in [6.45, 7) is 1.75. The van der Waals surface area contributed by atoms with Crippen molar-refractivity contribution in [3.05, 3.63) is 76.9 Å². The fourth-order valence-electron chi connectivity index (χ4n) is 3.17. The van der Waals surface area contributed by atoms with Gasteiger partial charge in [-0.15, -0.1) is 0 Å². The minimum absolute atomic E-state index is 0.0809. The van der Waals surface area contributed by atoms with E-state index in [9.17, 15) is 9.59 Å². The van der Waals surface area contributed by atoms with Crippen LogP contribution in [0.1, 0.15) is 32.0 Å². The lowest BCUT2D eigenvalue weighted by atomic mass is 10.0. The van der Waals surface area contributed by atoms with Crippen LogP contribution in [0.25, 0.3) is 6.08 Å². The second-order valence-electron chi connectivity index (χ2n) is 6.53. The SMILES string of the molecule is COc1ccc(/C=C2\Oc3cc(OC(=O)c4ccco4)cc(C)c3C2=O)c(OC)c1. The Kier molecular flexibility index (Phi) is 5.02. The summed E-state index contributed by atoms with van der Waals surface area (Å²) in [6, 6.07) is 11.5. The monoisotopic (exact) mass is 406 g/mol. The van der Waals surface area contributed by atoms with Gasteiger partial charge in [0.25, 0.3) is 0 Å². The number of ether oxygens (including phenoxy) is 4. The number of hydrogen-bond donors (Lipinski definition) is 0. The number of fused-ring (bicyclic) bond motifs is 1. The molecule has 0 radical (unpaired) electrons. The van der Waals surface area contributed by atoms with Crippen LogP contribution in [0.4, 0.5) is 0 Å². The van der Waals surface area contributed by atoms with E-state index in [0.717, 1.165) is 0 Å². The normalized spacial score (nSPS) is 13.7. The number of allylic oxidation sites excluding steroid dienone is 1. The van der Waals surface area contributed by atoms with Gasteiger partial charge in [-0.3, -0.25) is 4.79 Å². The quantitative estimate of drug-likeness (QED) is 0.352. The van der Waals surface area contributed by atoms with Crippen LogP contribution in [0.5, 0.6) is 23.0 Å². The molecule has 1 aliphatic rings. The summed E-state index contributed by atoms with van der Waals surface area (Å²) in [4.78, 5) is 25.0. The number of methoxy groups -OCH3 is 2. The minimum Gasteiger partial charge on any atom is -0.497 e. The summed E-state index contributed by atoms with van der Waals surface area (Å²) < 4.78 is 26.7. The summed E-state index contributed by atoms with van der Waals surface area (Å²) >= 11 is 0. The zero-order chi connectivity index (χ0) is 21.3. The summed E-state index contributed by atoms with van der Waals surface area (Å²) in [5.74, 6) is 1.08. The number of Topliss-reactive ketones (excluding diaryl/α,β-unsaturated/α-hetero) is 1. The lowest BCUT2D eigenvalue weighted by Gasteiger charge is -2.08. The molecule has 0 amide bonds. The van der Waals surface area contributed by atoms with E-state index in [-0.39, 0.29) is 23.1 Å². The maximum Gasteiger partial charge on any atom is 0.379 e. The summed E-state index contributed by atoms with van der Waals surface area (Å²) in [7, 11) is 3.10. The third kappa shape index (κ3) is 3.53. The van der Waals surface area contributed by atoms with Gasteiger partial charge in [-0.25, -0.2) is 4.79 Å². The zero-order valence-corrected chi connectivity index (χ0v) is 16.6. The molecule has 1 aliphatic heterocycles. The van der Waals surface area contributed by atoms with E-state index in [2.05, 4.69) is 0 Å². The molecule has 0 atom stereocenters. The molecule has 0 aliphatic carbocycles. The number of aryl methyl sites for hydroxylation is 1. The third-order valence-electron chi connectivity index (χ3n) is 4.60. The average Bonchev–Trinajstić information content (AvgIpc) is 3.37. The second kappa shape index (κ2) is 7.79. The highest BCUT2D eigenvalue weighted by Crippen LogP contribution is 2.38. The molecule has 3 aromatic rings. The van der Waals surface area contributed by atoms with Gasteiger partial charge in [-0.1, -0.05) is 0 Å². The predicted octanol–water partition coefficient (Wildman–Crippen LogP) is 4.44. The van der Waals surface area contributed by atoms with Crippen LogP contribution >= 0.6 is 0 Å². The number of carbonyl (C=O) groups is 2. The smallest absolute Gasteiger partial charge is 0.379 e. The molecule has 0 fully saturated rings. The Morgan fingerprint density at radius 3 is 2.57 bits per heavy atom. The van der Waals surface area contributed by atoms with Crippen molar-refractivity contribution in [2.75, 3.05) is 14.2 Å². The Balaban J connectivity index is 1.63. The average molecular weight is 406 g/mol. The molecule has 0 saturated heterocycles. The van der Waals surface area contributed by atoms with Gasteiger partial charge >= 0.3 is 5.97 Å². The topological polar surface area (TPSA) is 84.2 Å². The van der Waals surface area contributed by atoms with Crippen molar-refractivity contribution in [1.29, 1.82) is 0 Å². The Labute approximate surface area is 172 Å². The maximum atomic E-state index is 12.9. The van der Waals surface area contributed by atoms with Crippen molar-refractivity contribution >= 4 is 17.8 Å². The minimum atomic E-state index is -0.637. The van der Waals surface area contributed by atoms with Gasteiger partial charge in [-0.2, -0.15) is 0 Å². The van der Waals surface area contributed by atoms with E-state index in [1.807, 2.05) is 0 Å². The highest BCUT2D eigenvalue weighted by Gasteiger charge is 2.30. The first-order chi connectivity index (χ1) is 14.5. The number of benzene rings is 2. The Hall–Kier alpha value is -4.00. The van der Waals surface area contributed by atoms with Gasteiger partial charge in [0.2, 0.25) is 11.5 Å². The van der Waals surface area contributed by atoms with E-state index >= 15 is 0 Å². The van der Waals surface area contributed by atoms with Crippen LogP contribution in [0.15, 0.2) is 58.9 Å². The standard InChI is InChI=1S/C23H18O7/c1-13-9-16(29-23(25)17-5-4-8-28-17)12-19-21(13)22(24)20(30-19)10-14-6-7-15(26-2)11-18(14)27-3/h4-12H,1-3H3/b20-10-. The molecule has 0 spiro atoms. The first-order valence-electron chi connectivity index (χ1n) is 9.06. The molecule has 0 bridgehead atoms. The lowest BCUT2D eigenvalue weighted by Crippen LogP contribution is -2.07. The molecular weight excluding hydrogens is 388 g/mol. The molecule has 7 heteroatoms. The molecule has 0 N–H and O–H groups in total. The largest absolute Gasteiger partial charge is 0.497 e. The fourth-order valence-corrected chi connectivity index (χ4v) is 3.17. The van der Waals surface area contributed by atoms with Crippen molar-refractivity contribution in [2.24, 2.45) is 0 Å². The summed E-state index contributed by atoms with van der Waals surface area (Å²) in [5.41, 5.74) is 1.72. The number of rotatable bonds is 5. The van der Waals surface area contributed by atoms with Gasteiger partial charge in [0, 0.05) is 17.7 Å². The Bertz CT molecular complexity index is 1160. The Morgan fingerprint density at radius 2 is 1.87 bits per heavy atom. The molecule has 30 heavy (non-hydrogen) atoms. The number of carbonyl (C=O) groups excluding carboxylic acids is 2. The van der Waals surface area contributed by atoms with Crippen molar-refractivity contribution in [1.82, 2.24) is 0 Å². The molecule has 0 saturated carbocycles. The second-order valence-corrected chi connectivity index (χ2v) is 6.53. The van der Waals surface area contributed by atoms with Gasteiger partial charge in [0.15, 0.2) is 5.76 Å². The van der Waals surface area contributed by atoms with Crippen LogP contribution in [0, 0.1) is 6.92 Å². The van der Waals surface area contributed by atoms with Crippen LogP contribution in [0.3, 0.4) is 0 Å². The lowest BCUT2D eigenvalue weighted by molar-refractivity contribution is 0.0701. The number of ketones is 1. The molecule has 4 rings (SSSR count). The highest BCUT2D eigenvalue weighted by atomic mass is 16.5. The number of hydrogen-bond acceptors (Lipinski definition) is 7. The van der Waals surface area contributed by atoms with Crippen molar-refractivity contribution in [2.45, 2.75) is 6.92 Å². The molecule has 7 nitrogen and oxygen atoms in total. The van der Waals surface area contributed by atoms with Gasteiger partial charge in [0.05, 0.1) is 26.0 Å². The van der Waals surface area contributed by atoms with E-state index < -0.39 is 5.97 Å². The van der Waals surface area contributed by atoms with Crippen LogP contribution in [-0.4, -0.2) is 26.0 Å². The van der Waals surface area contributed by atoms with Crippen molar-refractivity contribution in [3.63, 3.8) is 0 Å². The van der Waals surface area contributed by atoms with Crippen LogP contribution in [-0.2, 0) is 0 Å². The van der Waals surface area contributed by atoms with Crippen LogP contribution in [0.2, 0.25) is 0 Å². The first-order valence-corrected chi connectivity index (χ1v) is 9.06. The van der Waals surface area contributed by atoms with Gasteiger partial charge < -0.3 is 23.4 Å². The number of furan rings is 1. The Morgan fingerprint density at radius 1 is 1.03 bits per heavy atom. The summed E-state index contributed by atoms with van der Waals surface area (Å²) in [5, 5.41) is 0. The molecular formula is C23H18O7. The highest BCUT2D eigenvalue weighted by molar-refractivity contribution is 6.15. The summed E-state index contributed by atoms with van der Waals surface area (Å²) in [6.07, 6.45) is 2.99. The fraction of sp³-hybridized carbons (Fsp3) is 0.130. The van der Waals surface area contributed by atoms with E-state index in [1.165, 1.54) is 25.5 Å². The van der Waals surface area contributed by atoms with Crippen LogP contribution < -0.4 is 18.9 Å². The molecule has 0 unspecified atom stereocenters. The van der Waals surface area contributed by atoms with E-state index in [0.29, 0.717) is 33.9 Å².